The molecular formula is C12H23NO3. The molecule has 4 heteroatoms. The highest BCUT2D eigenvalue weighted by Gasteiger charge is 2.31. The van der Waals surface area contributed by atoms with Gasteiger partial charge in [0, 0.05) is 7.05 Å². The molecule has 0 aromatic rings. The maximum absolute atomic E-state index is 11.8. The number of rotatable bonds is 1. The van der Waals surface area contributed by atoms with Crippen LogP contribution in [0.25, 0.3) is 0 Å². The first-order valence-electron chi connectivity index (χ1n) is 5.95. The predicted molar refractivity (Wildman–Crippen MR) is 62.3 cm³/mol. The van der Waals surface area contributed by atoms with Crippen LogP contribution in [-0.2, 0) is 4.74 Å². The second kappa shape index (κ2) is 5.04. The predicted octanol–water partition coefficient (Wildman–Crippen LogP) is 2.16. The van der Waals surface area contributed by atoms with Gasteiger partial charge in [-0.2, -0.15) is 0 Å². The lowest BCUT2D eigenvalue weighted by Gasteiger charge is -2.36. The molecule has 1 aliphatic carbocycles. The number of aliphatic hydroxyl groups is 1. The van der Waals surface area contributed by atoms with Gasteiger partial charge < -0.3 is 14.7 Å². The lowest BCUT2D eigenvalue weighted by molar-refractivity contribution is -0.00835. The number of hydrogen-bond acceptors (Lipinski definition) is 3. The van der Waals surface area contributed by atoms with E-state index in [0.29, 0.717) is 0 Å². The van der Waals surface area contributed by atoms with Crippen LogP contribution in [0.15, 0.2) is 0 Å². The molecule has 1 rings (SSSR count). The second-order valence-corrected chi connectivity index (χ2v) is 5.51. The van der Waals surface area contributed by atoms with Crippen LogP contribution in [0, 0.1) is 0 Å². The van der Waals surface area contributed by atoms with Crippen molar-refractivity contribution in [1.29, 1.82) is 0 Å². The normalized spacial score (nSPS) is 26.3. The molecule has 0 radical (unpaired) electrons. The highest BCUT2D eigenvalue weighted by atomic mass is 16.6. The van der Waals surface area contributed by atoms with Crippen molar-refractivity contribution < 1.29 is 14.6 Å². The van der Waals surface area contributed by atoms with Crippen molar-refractivity contribution in [2.24, 2.45) is 0 Å². The molecule has 0 unspecified atom stereocenters. The van der Waals surface area contributed by atoms with Gasteiger partial charge >= 0.3 is 6.09 Å². The van der Waals surface area contributed by atoms with Crippen LogP contribution < -0.4 is 0 Å². The van der Waals surface area contributed by atoms with Crippen LogP contribution in [0.3, 0.4) is 0 Å². The number of carbonyl (C=O) groups is 1. The Labute approximate surface area is 97.6 Å². The average molecular weight is 229 g/mol. The third kappa shape index (κ3) is 3.67. The van der Waals surface area contributed by atoms with Gasteiger partial charge in [0.25, 0.3) is 0 Å². The van der Waals surface area contributed by atoms with E-state index in [9.17, 15) is 9.90 Å². The topological polar surface area (TPSA) is 49.8 Å². The van der Waals surface area contributed by atoms with E-state index < -0.39 is 11.7 Å². The van der Waals surface area contributed by atoms with Gasteiger partial charge in [-0.25, -0.2) is 4.79 Å². The summed E-state index contributed by atoms with van der Waals surface area (Å²) in [5.74, 6) is 0. The van der Waals surface area contributed by atoms with E-state index in [4.69, 9.17) is 4.74 Å². The number of amides is 1. The molecule has 4 nitrogen and oxygen atoms in total. The molecule has 0 aliphatic heterocycles. The molecule has 1 amide bonds. The van der Waals surface area contributed by atoms with E-state index >= 15 is 0 Å². The first-order chi connectivity index (χ1) is 7.31. The molecule has 2 atom stereocenters. The van der Waals surface area contributed by atoms with Crippen molar-refractivity contribution in [3.8, 4) is 0 Å². The number of aliphatic hydroxyl groups excluding tert-OH is 1. The van der Waals surface area contributed by atoms with E-state index in [0.717, 1.165) is 25.7 Å². The Kier molecular flexibility index (Phi) is 4.19. The minimum atomic E-state index is -0.481. The summed E-state index contributed by atoms with van der Waals surface area (Å²) in [5, 5.41) is 9.84. The van der Waals surface area contributed by atoms with Gasteiger partial charge in [0.15, 0.2) is 0 Å². The molecule has 1 N–H and O–H groups in total. The van der Waals surface area contributed by atoms with Crippen molar-refractivity contribution in [2.75, 3.05) is 7.05 Å². The Morgan fingerprint density at radius 3 is 2.38 bits per heavy atom. The first-order valence-corrected chi connectivity index (χ1v) is 5.95. The van der Waals surface area contributed by atoms with Gasteiger partial charge in [-0.3, -0.25) is 0 Å². The fourth-order valence-corrected chi connectivity index (χ4v) is 2.01. The summed E-state index contributed by atoms with van der Waals surface area (Å²) >= 11 is 0. The van der Waals surface area contributed by atoms with Crippen molar-refractivity contribution in [1.82, 2.24) is 4.90 Å². The number of carbonyl (C=O) groups excluding carboxylic acids is 1. The van der Waals surface area contributed by atoms with Gasteiger partial charge in [-0.05, 0) is 33.6 Å². The van der Waals surface area contributed by atoms with E-state index in [1.165, 1.54) is 4.90 Å². The Bertz CT molecular complexity index is 247. The average Bonchev–Trinajstić information content (AvgIpc) is 2.15. The van der Waals surface area contributed by atoms with Crippen LogP contribution in [0.5, 0.6) is 0 Å². The fourth-order valence-electron chi connectivity index (χ4n) is 2.01. The van der Waals surface area contributed by atoms with Crippen molar-refractivity contribution >= 4 is 6.09 Å². The van der Waals surface area contributed by atoms with Gasteiger partial charge in [0.1, 0.15) is 5.60 Å². The van der Waals surface area contributed by atoms with E-state index in [1.807, 2.05) is 20.8 Å². The summed E-state index contributed by atoms with van der Waals surface area (Å²) in [5.41, 5.74) is -0.481. The van der Waals surface area contributed by atoms with Gasteiger partial charge in [0.2, 0.25) is 0 Å². The highest BCUT2D eigenvalue weighted by molar-refractivity contribution is 5.68. The molecule has 0 aromatic carbocycles. The van der Waals surface area contributed by atoms with Crippen LogP contribution >= 0.6 is 0 Å². The Balaban J connectivity index is 2.55. The Morgan fingerprint density at radius 1 is 1.31 bits per heavy atom. The minimum absolute atomic E-state index is 0.0939. The number of nitrogens with zero attached hydrogens (tertiary/aromatic N) is 1. The first kappa shape index (κ1) is 13.3. The molecule has 94 valence electrons. The molecule has 0 bridgehead atoms. The minimum Gasteiger partial charge on any atom is -0.444 e. The zero-order chi connectivity index (χ0) is 12.3. The lowest BCUT2D eigenvalue weighted by atomic mass is 9.92. The van der Waals surface area contributed by atoms with E-state index in [1.54, 1.807) is 7.05 Å². The van der Waals surface area contributed by atoms with Gasteiger partial charge in [-0.1, -0.05) is 12.8 Å². The molecular weight excluding hydrogens is 206 g/mol. The van der Waals surface area contributed by atoms with Gasteiger partial charge in [0.05, 0.1) is 12.1 Å². The van der Waals surface area contributed by atoms with Gasteiger partial charge in [-0.15, -0.1) is 0 Å². The van der Waals surface area contributed by atoms with Crippen molar-refractivity contribution in [3.05, 3.63) is 0 Å². The monoisotopic (exact) mass is 229 g/mol. The fraction of sp³-hybridized carbons (Fsp3) is 0.917. The molecule has 0 aromatic heterocycles. The molecule has 16 heavy (non-hydrogen) atoms. The summed E-state index contributed by atoms with van der Waals surface area (Å²) in [6.45, 7) is 5.53. The summed E-state index contributed by atoms with van der Waals surface area (Å²) in [6.07, 6.45) is 2.98. The highest BCUT2D eigenvalue weighted by Crippen LogP contribution is 2.23. The number of hydrogen-bond donors (Lipinski definition) is 1. The molecule has 1 aliphatic rings. The van der Waals surface area contributed by atoms with E-state index in [2.05, 4.69) is 0 Å². The largest absolute Gasteiger partial charge is 0.444 e. The third-order valence-electron chi connectivity index (χ3n) is 2.87. The zero-order valence-electron chi connectivity index (χ0n) is 10.7. The van der Waals surface area contributed by atoms with E-state index in [-0.39, 0.29) is 12.1 Å². The van der Waals surface area contributed by atoms with Crippen LogP contribution in [0.1, 0.15) is 46.5 Å². The molecule has 0 saturated heterocycles. The maximum atomic E-state index is 11.8. The third-order valence-corrected chi connectivity index (χ3v) is 2.87. The SMILES string of the molecule is CN(C(=O)OC(C)(C)C)[C@H]1CCCC[C@@H]1O. The molecule has 1 saturated carbocycles. The number of ether oxygens (including phenoxy) is 1. The smallest absolute Gasteiger partial charge is 0.410 e. The Morgan fingerprint density at radius 2 is 1.88 bits per heavy atom. The Hall–Kier alpha value is -0.770. The molecule has 1 fully saturated rings. The number of likely N-dealkylation sites (N-methyl/N-ethyl adjacent to an activating group) is 1. The van der Waals surface area contributed by atoms with Crippen LogP contribution in [0.2, 0.25) is 0 Å². The quantitative estimate of drug-likeness (QED) is 0.749. The molecule has 0 spiro atoms. The zero-order valence-corrected chi connectivity index (χ0v) is 10.7. The lowest BCUT2D eigenvalue weighted by Crippen LogP contribution is -2.47. The van der Waals surface area contributed by atoms with Crippen LogP contribution in [0.4, 0.5) is 4.79 Å². The standard InChI is InChI=1S/C12H23NO3/c1-12(2,3)16-11(15)13(4)9-7-5-6-8-10(9)14/h9-10,14H,5-8H2,1-4H3/t9-,10-/m0/s1. The van der Waals surface area contributed by atoms with Crippen molar-refractivity contribution in [3.63, 3.8) is 0 Å². The summed E-state index contributed by atoms with van der Waals surface area (Å²) in [4.78, 5) is 13.3. The summed E-state index contributed by atoms with van der Waals surface area (Å²) in [6, 6.07) is -0.0939. The summed E-state index contributed by atoms with van der Waals surface area (Å²) in [7, 11) is 1.70. The van der Waals surface area contributed by atoms with Crippen molar-refractivity contribution in [2.45, 2.75) is 64.2 Å². The van der Waals surface area contributed by atoms with Crippen LogP contribution in [-0.4, -0.2) is 40.9 Å². The molecule has 0 heterocycles. The maximum Gasteiger partial charge on any atom is 0.410 e. The second-order valence-electron chi connectivity index (χ2n) is 5.51. The summed E-state index contributed by atoms with van der Waals surface area (Å²) < 4.78 is 5.28.